The minimum atomic E-state index is -0.842. The third kappa shape index (κ3) is 1.69. The molecule has 0 spiro atoms. The molecule has 18 heavy (non-hydrogen) atoms. The highest BCUT2D eigenvalue weighted by Gasteiger charge is 2.56. The first kappa shape index (κ1) is 11.3. The molecule has 0 amide bonds. The number of hydrogen-bond acceptors (Lipinski definition) is 3. The molecule has 94 valence electrons. The van der Waals surface area contributed by atoms with Crippen LogP contribution in [-0.4, -0.2) is 21.3 Å². The predicted molar refractivity (Wildman–Crippen MR) is 58.7 cm³/mol. The Morgan fingerprint density at radius 2 is 2.22 bits per heavy atom. The van der Waals surface area contributed by atoms with Gasteiger partial charge in [0.05, 0.1) is 6.10 Å². The lowest BCUT2D eigenvalue weighted by molar-refractivity contribution is 0.286. The van der Waals surface area contributed by atoms with Crippen molar-refractivity contribution in [2.45, 2.75) is 25.0 Å². The standard InChI is InChI=1S/C12H11F2N3O/c1-7-12(18-7,5-11-15-6-16-17-11)9-4-8(13)2-3-10(9)14/h2-4,6-7H,5H2,1H3,(H,15,16,17)/t7-,12+/m0/s1. The highest BCUT2D eigenvalue weighted by Crippen LogP contribution is 2.49. The fourth-order valence-electron chi connectivity index (χ4n) is 2.23. The summed E-state index contributed by atoms with van der Waals surface area (Å²) in [4.78, 5) is 3.99. The Balaban J connectivity index is 1.99. The van der Waals surface area contributed by atoms with Gasteiger partial charge in [-0.15, -0.1) is 0 Å². The summed E-state index contributed by atoms with van der Waals surface area (Å²) in [6, 6.07) is 3.38. The molecule has 2 heterocycles. The zero-order valence-electron chi connectivity index (χ0n) is 9.65. The molecule has 1 N–H and O–H groups in total. The largest absolute Gasteiger partial charge is 0.361 e. The van der Waals surface area contributed by atoms with Gasteiger partial charge in [0.15, 0.2) is 0 Å². The number of epoxide rings is 1. The molecule has 6 heteroatoms. The summed E-state index contributed by atoms with van der Waals surface area (Å²) in [5.41, 5.74) is -0.613. The average Bonchev–Trinajstić information content (AvgIpc) is 2.77. The van der Waals surface area contributed by atoms with E-state index < -0.39 is 17.2 Å². The molecule has 1 saturated heterocycles. The van der Waals surface area contributed by atoms with Crippen LogP contribution in [0.1, 0.15) is 18.3 Å². The van der Waals surface area contributed by atoms with Crippen LogP contribution in [0, 0.1) is 11.6 Å². The smallest absolute Gasteiger partial charge is 0.137 e. The van der Waals surface area contributed by atoms with Gasteiger partial charge >= 0.3 is 0 Å². The highest BCUT2D eigenvalue weighted by molar-refractivity contribution is 5.32. The second kappa shape index (κ2) is 3.84. The zero-order chi connectivity index (χ0) is 12.8. The summed E-state index contributed by atoms with van der Waals surface area (Å²) < 4.78 is 32.6. The van der Waals surface area contributed by atoms with E-state index >= 15 is 0 Å². The maximum atomic E-state index is 13.8. The molecule has 2 atom stereocenters. The summed E-state index contributed by atoms with van der Waals surface area (Å²) >= 11 is 0. The number of halogens is 2. The lowest BCUT2D eigenvalue weighted by Gasteiger charge is -2.12. The Morgan fingerprint density at radius 1 is 1.44 bits per heavy atom. The molecule has 0 radical (unpaired) electrons. The van der Waals surface area contributed by atoms with Crippen molar-refractivity contribution in [1.29, 1.82) is 0 Å². The van der Waals surface area contributed by atoms with E-state index in [0.717, 1.165) is 12.1 Å². The Morgan fingerprint density at radius 3 is 2.83 bits per heavy atom. The van der Waals surface area contributed by atoms with E-state index in [2.05, 4.69) is 15.2 Å². The van der Waals surface area contributed by atoms with E-state index in [9.17, 15) is 8.78 Å². The minimum absolute atomic E-state index is 0.182. The van der Waals surface area contributed by atoms with Gasteiger partial charge in [0.1, 0.15) is 29.4 Å². The van der Waals surface area contributed by atoms with E-state index in [-0.39, 0.29) is 11.7 Å². The van der Waals surface area contributed by atoms with Crippen LogP contribution in [0.3, 0.4) is 0 Å². The summed E-state index contributed by atoms with van der Waals surface area (Å²) in [6.45, 7) is 1.82. The van der Waals surface area contributed by atoms with Crippen LogP contribution in [0.4, 0.5) is 8.78 Å². The highest BCUT2D eigenvalue weighted by atomic mass is 19.1. The number of nitrogens with zero attached hydrogens (tertiary/aromatic N) is 2. The van der Waals surface area contributed by atoms with Gasteiger partial charge < -0.3 is 4.74 Å². The molecule has 2 aromatic rings. The third-order valence-corrected chi connectivity index (χ3v) is 3.27. The van der Waals surface area contributed by atoms with E-state index in [1.165, 1.54) is 12.4 Å². The van der Waals surface area contributed by atoms with E-state index in [1.54, 1.807) is 0 Å². The van der Waals surface area contributed by atoms with Gasteiger partial charge in [-0.1, -0.05) is 0 Å². The molecule has 1 aliphatic rings. The number of aromatic amines is 1. The Labute approximate surface area is 102 Å². The molecule has 1 aromatic carbocycles. The predicted octanol–water partition coefficient (Wildman–Crippen LogP) is 1.94. The maximum absolute atomic E-state index is 13.8. The SMILES string of the molecule is C[C@@H]1O[C@@]1(Cc1ncn[nH]1)c1cc(F)ccc1F. The van der Waals surface area contributed by atoms with Crippen molar-refractivity contribution in [3.05, 3.63) is 47.5 Å². The summed E-state index contributed by atoms with van der Waals surface area (Å²) in [5.74, 6) is -0.366. The molecule has 1 aliphatic heterocycles. The summed E-state index contributed by atoms with van der Waals surface area (Å²) in [7, 11) is 0. The van der Waals surface area contributed by atoms with Gasteiger partial charge in [0.25, 0.3) is 0 Å². The second-order valence-corrected chi connectivity index (χ2v) is 4.38. The summed E-state index contributed by atoms with van der Waals surface area (Å²) in [6.07, 6.45) is 1.53. The third-order valence-electron chi connectivity index (χ3n) is 3.27. The Kier molecular flexibility index (Phi) is 2.41. The zero-order valence-corrected chi connectivity index (χ0v) is 9.65. The van der Waals surface area contributed by atoms with Crippen molar-refractivity contribution in [2.75, 3.05) is 0 Å². The number of ether oxygens (including phenoxy) is 1. The number of benzene rings is 1. The van der Waals surface area contributed by atoms with Gasteiger partial charge in [-0.3, -0.25) is 5.10 Å². The first-order valence-corrected chi connectivity index (χ1v) is 5.59. The van der Waals surface area contributed by atoms with Gasteiger partial charge in [0, 0.05) is 12.0 Å². The van der Waals surface area contributed by atoms with Gasteiger partial charge in [0.2, 0.25) is 0 Å². The number of H-pyrrole nitrogens is 1. The molecule has 1 aromatic heterocycles. The van der Waals surface area contributed by atoms with Crippen molar-refractivity contribution in [3.8, 4) is 0 Å². The lowest BCUT2D eigenvalue weighted by atomic mass is 9.91. The first-order valence-electron chi connectivity index (χ1n) is 5.59. The molecule has 1 fully saturated rings. The second-order valence-electron chi connectivity index (χ2n) is 4.38. The minimum Gasteiger partial charge on any atom is -0.361 e. The van der Waals surface area contributed by atoms with Crippen molar-refractivity contribution < 1.29 is 13.5 Å². The summed E-state index contributed by atoms with van der Waals surface area (Å²) in [5, 5.41) is 6.43. The number of rotatable bonds is 3. The average molecular weight is 251 g/mol. The van der Waals surface area contributed by atoms with Crippen molar-refractivity contribution >= 4 is 0 Å². The number of nitrogens with one attached hydrogen (secondary N) is 1. The van der Waals surface area contributed by atoms with Crippen molar-refractivity contribution in [2.24, 2.45) is 0 Å². The number of hydrogen-bond donors (Lipinski definition) is 1. The van der Waals surface area contributed by atoms with Gasteiger partial charge in [-0.25, -0.2) is 13.8 Å². The Hall–Kier alpha value is -1.82. The monoisotopic (exact) mass is 251 g/mol. The van der Waals surface area contributed by atoms with E-state index in [4.69, 9.17) is 4.74 Å². The van der Waals surface area contributed by atoms with Crippen LogP contribution in [-0.2, 0) is 16.8 Å². The Bertz CT molecular complexity index is 573. The molecule has 3 rings (SSSR count). The molecule has 0 unspecified atom stereocenters. The van der Waals surface area contributed by atoms with Crippen LogP contribution in [0.2, 0.25) is 0 Å². The van der Waals surface area contributed by atoms with Crippen molar-refractivity contribution in [1.82, 2.24) is 15.2 Å². The molecule has 0 saturated carbocycles. The quantitative estimate of drug-likeness (QED) is 0.848. The van der Waals surface area contributed by atoms with Crippen LogP contribution in [0.25, 0.3) is 0 Å². The molecule has 0 aliphatic carbocycles. The van der Waals surface area contributed by atoms with Gasteiger partial charge in [-0.05, 0) is 25.1 Å². The molecule has 0 bridgehead atoms. The van der Waals surface area contributed by atoms with Crippen LogP contribution in [0.15, 0.2) is 24.5 Å². The van der Waals surface area contributed by atoms with E-state index in [0.29, 0.717) is 12.2 Å². The van der Waals surface area contributed by atoms with E-state index in [1.807, 2.05) is 6.92 Å². The first-order chi connectivity index (χ1) is 8.62. The van der Waals surface area contributed by atoms with Gasteiger partial charge in [-0.2, -0.15) is 5.10 Å². The van der Waals surface area contributed by atoms with Crippen LogP contribution < -0.4 is 0 Å². The molecular weight excluding hydrogens is 240 g/mol. The van der Waals surface area contributed by atoms with Crippen molar-refractivity contribution in [3.63, 3.8) is 0 Å². The maximum Gasteiger partial charge on any atom is 0.137 e. The fraction of sp³-hybridized carbons (Fsp3) is 0.333. The lowest BCUT2D eigenvalue weighted by Crippen LogP contribution is -2.18. The molecular formula is C12H11F2N3O. The number of aromatic nitrogens is 3. The van der Waals surface area contributed by atoms with Crippen LogP contribution >= 0.6 is 0 Å². The fourth-order valence-corrected chi connectivity index (χ4v) is 2.23. The topological polar surface area (TPSA) is 54.1 Å². The normalized spacial score (nSPS) is 26.3. The van der Waals surface area contributed by atoms with Crippen LogP contribution in [0.5, 0.6) is 0 Å². The molecule has 4 nitrogen and oxygen atoms in total.